The highest BCUT2D eigenvalue weighted by Crippen LogP contribution is 2.49. The van der Waals surface area contributed by atoms with Crippen LogP contribution in [0.5, 0.6) is 0 Å². The molecule has 2 fully saturated rings. The molecule has 1 N–H and O–H groups in total. The van der Waals surface area contributed by atoms with Crippen LogP contribution in [0.2, 0.25) is 0 Å². The number of hydrogen-bond donors (Lipinski definition) is 1. The van der Waals surface area contributed by atoms with Gasteiger partial charge < -0.3 is 9.80 Å². The lowest BCUT2D eigenvalue weighted by atomic mass is 9.94. The highest BCUT2D eigenvalue weighted by molar-refractivity contribution is 5.91. The molecule has 0 bridgehead atoms. The molecule has 1 aliphatic heterocycles. The summed E-state index contributed by atoms with van der Waals surface area (Å²) in [5.41, 5.74) is 3.06. The molecule has 5 nitrogen and oxygen atoms in total. The van der Waals surface area contributed by atoms with Crippen molar-refractivity contribution in [2.24, 2.45) is 0 Å². The monoisotopic (exact) mass is 372 g/mol. The van der Waals surface area contributed by atoms with Gasteiger partial charge in [0, 0.05) is 32.2 Å². The molecule has 1 aliphatic carbocycles. The van der Waals surface area contributed by atoms with E-state index >= 15 is 0 Å². The maximum Gasteiger partial charge on any atom is 0.233 e. The summed E-state index contributed by atoms with van der Waals surface area (Å²) in [6, 6.07) is 22.6. The molecule has 0 atom stereocenters. The van der Waals surface area contributed by atoms with Crippen LogP contribution in [0.4, 0.5) is 5.82 Å². The second-order valence-electron chi connectivity index (χ2n) is 7.73. The quantitative estimate of drug-likeness (QED) is 0.763. The molecule has 0 spiro atoms. The van der Waals surface area contributed by atoms with Crippen LogP contribution in [0, 0.1) is 0 Å². The number of anilines is 1. The Balaban J connectivity index is 1.25. The molecule has 1 amide bonds. The van der Waals surface area contributed by atoms with E-state index < -0.39 is 0 Å². The number of nitrogens with one attached hydrogen (secondary N) is 1. The third kappa shape index (κ3) is 2.97. The first kappa shape index (κ1) is 17.0. The molecule has 1 aromatic heterocycles. The second-order valence-corrected chi connectivity index (χ2v) is 7.73. The fourth-order valence-corrected chi connectivity index (χ4v) is 4.19. The summed E-state index contributed by atoms with van der Waals surface area (Å²) < 4.78 is 0. The normalized spacial score (nSPS) is 18.1. The molecule has 0 unspecified atom stereocenters. The number of carbonyl (C=O) groups is 1. The highest BCUT2D eigenvalue weighted by atomic mass is 16.2. The molecule has 2 heterocycles. The molecule has 28 heavy (non-hydrogen) atoms. The van der Waals surface area contributed by atoms with E-state index in [0.717, 1.165) is 56.1 Å². The number of carbonyl (C=O) groups excluding carboxylic acids is 1. The fourth-order valence-electron chi connectivity index (χ4n) is 4.19. The van der Waals surface area contributed by atoms with Gasteiger partial charge in [-0.1, -0.05) is 60.7 Å². The van der Waals surface area contributed by atoms with E-state index in [4.69, 9.17) is 0 Å². The number of piperazine rings is 1. The summed E-state index contributed by atoms with van der Waals surface area (Å²) in [5, 5.41) is 7.63. The van der Waals surface area contributed by atoms with Crippen LogP contribution in [0.3, 0.4) is 0 Å². The number of nitrogens with zero attached hydrogens (tertiary/aromatic N) is 3. The van der Waals surface area contributed by atoms with E-state index in [1.807, 2.05) is 41.3 Å². The molecule has 1 saturated carbocycles. The van der Waals surface area contributed by atoms with E-state index in [1.54, 1.807) is 0 Å². The molecule has 2 aliphatic rings. The van der Waals surface area contributed by atoms with Crippen LogP contribution in [0.1, 0.15) is 18.4 Å². The molecule has 5 heteroatoms. The lowest BCUT2D eigenvalue weighted by Gasteiger charge is -2.36. The summed E-state index contributed by atoms with van der Waals surface area (Å²) in [5.74, 6) is 1.25. The molecule has 3 aromatic rings. The Bertz CT molecular complexity index is 955. The lowest BCUT2D eigenvalue weighted by molar-refractivity contribution is -0.134. The standard InChI is InChI=1S/C23H24N4O/c28-22(23(11-12-23)19-9-5-2-6-10-19)27-15-13-26(14-16-27)21-17-20(24-25-21)18-7-3-1-4-8-18/h1-10,17H,11-16H2,(H,24,25). The summed E-state index contributed by atoms with van der Waals surface area (Å²) in [4.78, 5) is 17.5. The van der Waals surface area contributed by atoms with Crippen molar-refractivity contribution in [1.82, 2.24) is 15.1 Å². The van der Waals surface area contributed by atoms with E-state index in [-0.39, 0.29) is 5.41 Å². The molecule has 2 aromatic carbocycles. The first-order valence-electron chi connectivity index (χ1n) is 9.97. The van der Waals surface area contributed by atoms with Crippen LogP contribution >= 0.6 is 0 Å². The predicted molar refractivity (Wildman–Crippen MR) is 110 cm³/mol. The molecule has 1 saturated heterocycles. The number of hydrogen-bond acceptors (Lipinski definition) is 3. The lowest BCUT2D eigenvalue weighted by Crippen LogP contribution is -2.51. The molecule has 0 radical (unpaired) electrons. The topological polar surface area (TPSA) is 52.2 Å². The Hall–Kier alpha value is -3.08. The van der Waals surface area contributed by atoms with Crippen molar-refractivity contribution in [2.75, 3.05) is 31.1 Å². The number of rotatable bonds is 4. The number of amides is 1. The van der Waals surface area contributed by atoms with Gasteiger partial charge in [0.1, 0.15) is 0 Å². The van der Waals surface area contributed by atoms with Crippen LogP contribution in [-0.4, -0.2) is 47.2 Å². The summed E-state index contributed by atoms with van der Waals surface area (Å²) >= 11 is 0. The number of benzene rings is 2. The van der Waals surface area contributed by atoms with Crippen LogP contribution in [0.15, 0.2) is 66.7 Å². The van der Waals surface area contributed by atoms with Gasteiger partial charge in [0.15, 0.2) is 5.82 Å². The van der Waals surface area contributed by atoms with Crippen molar-refractivity contribution < 1.29 is 4.79 Å². The molecular weight excluding hydrogens is 348 g/mol. The smallest absolute Gasteiger partial charge is 0.233 e. The Labute approximate surface area is 165 Å². The molecule has 142 valence electrons. The van der Waals surface area contributed by atoms with E-state index in [9.17, 15) is 4.79 Å². The zero-order valence-corrected chi connectivity index (χ0v) is 15.8. The first-order valence-corrected chi connectivity index (χ1v) is 9.97. The highest BCUT2D eigenvalue weighted by Gasteiger charge is 2.53. The summed E-state index contributed by atoms with van der Waals surface area (Å²) in [6.07, 6.45) is 1.94. The fraction of sp³-hybridized carbons (Fsp3) is 0.304. The van der Waals surface area contributed by atoms with Gasteiger partial charge >= 0.3 is 0 Å². The predicted octanol–water partition coefficient (Wildman–Crippen LogP) is 3.46. The maximum absolute atomic E-state index is 13.2. The van der Waals surface area contributed by atoms with Crippen molar-refractivity contribution in [3.8, 4) is 11.3 Å². The summed E-state index contributed by atoms with van der Waals surface area (Å²) in [7, 11) is 0. The van der Waals surface area contributed by atoms with Crippen molar-refractivity contribution in [3.05, 3.63) is 72.3 Å². The van der Waals surface area contributed by atoms with E-state index in [0.29, 0.717) is 5.91 Å². The van der Waals surface area contributed by atoms with Gasteiger partial charge in [-0.05, 0) is 24.0 Å². The van der Waals surface area contributed by atoms with Crippen molar-refractivity contribution in [3.63, 3.8) is 0 Å². The number of H-pyrrole nitrogens is 1. The maximum atomic E-state index is 13.2. The minimum absolute atomic E-state index is 0.268. The minimum atomic E-state index is -0.268. The molecule has 5 rings (SSSR count). The Morgan fingerprint density at radius 1 is 0.893 bits per heavy atom. The molecular formula is C23H24N4O. The van der Waals surface area contributed by atoms with Gasteiger partial charge in [0.25, 0.3) is 0 Å². The zero-order chi connectivity index (χ0) is 19.0. The Morgan fingerprint density at radius 3 is 2.18 bits per heavy atom. The Kier molecular flexibility index (Phi) is 4.15. The number of aromatic nitrogens is 2. The van der Waals surface area contributed by atoms with Gasteiger partial charge in [0.05, 0.1) is 11.1 Å². The van der Waals surface area contributed by atoms with Crippen LogP contribution < -0.4 is 4.90 Å². The summed E-state index contributed by atoms with van der Waals surface area (Å²) in [6.45, 7) is 3.13. The SMILES string of the molecule is O=C(N1CCN(c2cc(-c3ccccc3)[nH]n2)CC1)C1(c2ccccc2)CC1. The third-order valence-electron chi connectivity index (χ3n) is 6.03. The van der Waals surface area contributed by atoms with E-state index in [2.05, 4.69) is 45.4 Å². The van der Waals surface area contributed by atoms with Gasteiger partial charge in [-0.3, -0.25) is 9.89 Å². The average molecular weight is 372 g/mol. The van der Waals surface area contributed by atoms with Gasteiger partial charge in [0.2, 0.25) is 5.91 Å². The van der Waals surface area contributed by atoms with Gasteiger partial charge in [-0.15, -0.1) is 0 Å². The van der Waals surface area contributed by atoms with Crippen molar-refractivity contribution in [2.45, 2.75) is 18.3 Å². The first-order chi connectivity index (χ1) is 13.8. The van der Waals surface area contributed by atoms with Crippen molar-refractivity contribution >= 4 is 11.7 Å². The zero-order valence-electron chi connectivity index (χ0n) is 15.8. The van der Waals surface area contributed by atoms with E-state index in [1.165, 1.54) is 5.56 Å². The minimum Gasteiger partial charge on any atom is -0.352 e. The van der Waals surface area contributed by atoms with Gasteiger partial charge in [-0.2, -0.15) is 5.10 Å². The third-order valence-corrected chi connectivity index (χ3v) is 6.03. The largest absolute Gasteiger partial charge is 0.352 e. The van der Waals surface area contributed by atoms with Crippen LogP contribution in [0.25, 0.3) is 11.3 Å². The average Bonchev–Trinajstić information content (AvgIpc) is 3.44. The second kappa shape index (κ2) is 6.82. The van der Waals surface area contributed by atoms with Crippen molar-refractivity contribution in [1.29, 1.82) is 0 Å². The number of aromatic amines is 1. The van der Waals surface area contributed by atoms with Gasteiger partial charge in [-0.25, -0.2) is 0 Å². The van der Waals surface area contributed by atoms with Crippen LogP contribution in [-0.2, 0) is 10.2 Å². The Morgan fingerprint density at radius 2 is 1.54 bits per heavy atom.